The summed E-state index contributed by atoms with van der Waals surface area (Å²) in [5.74, 6) is 2.07. The molecule has 0 saturated heterocycles. The molecule has 5 atom stereocenters. The van der Waals surface area contributed by atoms with Gasteiger partial charge in [0.2, 0.25) is 0 Å². The van der Waals surface area contributed by atoms with E-state index in [9.17, 15) is 9.90 Å². The van der Waals surface area contributed by atoms with Crippen LogP contribution in [0.3, 0.4) is 0 Å². The van der Waals surface area contributed by atoms with Gasteiger partial charge in [-0.1, -0.05) is 6.07 Å². The number of ether oxygens (including phenoxy) is 1. The van der Waals surface area contributed by atoms with E-state index in [-0.39, 0.29) is 11.9 Å². The van der Waals surface area contributed by atoms with E-state index in [0.29, 0.717) is 23.5 Å². The monoisotopic (exact) mass is 372 g/mol. The van der Waals surface area contributed by atoms with Crippen molar-refractivity contribution in [3.05, 3.63) is 24.3 Å². The number of hydrogen-bond donors (Lipinski definition) is 2. The van der Waals surface area contributed by atoms with Crippen molar-refractivity contribution in [2.45, 2.75) is 63.2 Å². The van der Waals surface area contributed by atoms with Crippen LogP contribution in [0.2, 0.25) is 0 Å². The zero-order valence-electron chi connectivity index (χ0n) is 16.9. The topological polar surface area (TPSA) is 61.8 Å². The van der Waals surface area contributed by atoms with Gasteiger partial charge in [-0.05, 0) is 75.8 Å². The molecule has 4 bridgehead atoms. The van der Waals surface area contributed by atoms with Crippen LogP contribution in [0.15, 0.2) is 24.3 Å². The lowest BCUT2D eigenvalue weighted by atomic mass is 9.52. The van der Waals surface area contributed by atoms with Crippen LogP contribution in [0.5, 0.6) is 5.75 Å². The Kier molecular flexibility index (Phi) is 4.41. The van der Waals surface area contributed by atoms with Gasteiger partial charge in [0.1, 0.15) is 5.75 Å². The summed E-state index contributed by atoms with van der Waals surface area (Å²) in [4.78, 5) is 15.1. The fourth-order valence-corrected chi connectivity index (χ4v) is 5.71. The Bertz CT molecular complexity index is 714. The molecule has 4 fully saturated rings. The highest BCUT2D eigenvalue weighted by Gasteiger charge is 2.55. The molecule has 0 aromatic heterocycles. The third kappa shape index (κ3) is 3.54. The molecule has 0 heterocycles. The Balaban J connectivity index is 1.44. The highest BCUT2D eigenvalue weighted by Crippen LogP contribution is 2.55. The Morgan fingerprint density at radius 1 is 1.22 bits per heavy atom. The van der Waals surface area contributed by atoms with Crippen molar-refractivity contribution in [2.75, 3.05) is 19.0 Å². The first-order valence-electron chi connectivity index (χ1n) is 10.1. The van der Waals surface area contributed by atoms with Crippen molar-refractivity contribution in [1.82, 2.24) is 5.32 Å². The highest BCUT2D eigenvalue weighted by atomic mass is 16.5. The Hall–Kier alpha value is -1.75. The zero-order valence-corrected chi connectivity index (χ0v) is 16.9. The van der Waals surface area contributed by atoms with Crippen molar-refractivity contribution in [3.63, 3.8) is 0 Å². The molecule has 1 amide bonds. The third-order valence-corrected chi connectivity index (χ3v) is 6.79. The van der Waals surface area contributed by atoms with Crippen LogP contribution in [0.25, 0.3) is 0 Å². The van der Waals surface area contributed by atoms with Gasteiger partial charge in [0.05, 0.1) is 5.60 Å². The second kappa shape index (κ2) is 6.40. The first-order chi connectivity index (χ1) is 12.7. The Morgan fingerprint density at radius 3 is 2.48 bits per heavy atom. The number of nitrogens with zero attached hydrogens (tertiary/aromatic N) is 1. The number of benzene rings is 1. The molecule has 5 rings (SSSR count). The zero-order chi connectivity index (χ0) is 19.4. The summed E-state index contributed by atoms with van der Waals surface area (Å²) in [6, 6.07) is 7.97. The van der Waals surface area contributed by atoms with Crippen molar-refractivity contribution in [3.8, 4) is 5.75 Å². The standard InChI is InChI=1S/C22H32N2O3/c1-21(2,27-18-7-5-6-17(10-18)24(3)4)20(25)23-19-15-8-14-9-16(19)13-22(26,11-14)12-15/h5-7,10,14-16,19,26H,8-9,11-13H2,1-4H3,(H,23,25)/t14?,15-,16+,19?,22?. The quantitative estimate of drug-likeness (QED) is 0.834. The summed E-state index contributed by atoms with van der Waals surface area (Å²) < 4.78 is 6.08. The summed E-state index contributed by atoms with van der Waals surface area (Å²) in [5, 5.41) is 14.0. The lowest BCUT2D eigenvalue weighted by Gasteiger charge is -2.58. The largest absolute Gasteiger partial charge is 0.478 e. The smallest absolute Gasteiger partial charge is 0.263 e. The van der Waals surface area contributed by atoms with E-state index in [1.54, 1.807) is 0 Å². The van der Waals surface area contributed by atoms with Gasteiger partial charge in [0.25, 0.3) is 5.91 Å². The summed E-state index contributed by atoms with van der Waals surface area (Å²) in [7, 11) is 3.97. The van der Waals surface area contributed by atoms with Crippen molar-refractivity contribution < 1.29 is 14.6 Å². The second-order valence-electron chi connectivity index (χ2n) is 9.70. The number of hydrogen-bond acceptors (Lipinski definition) is 4. The van der Waals surface area contributed by atoms with Gasteiger partial charge >= 0.3 is 0 Å². The minimum absolute atomic E-state index is 0.0674. The molecule has 4 saturated carbocycles. The second-order valence-corrected chi connectivity index (χ2v) is 9.70. The number of rotatable bonds is 5. The normalized spacial score (nSPS) is 34.4. The third-order valence-electron chi connectivity index (χ3n) is 6.79. The van der Waals surface area contributed by atoms with Crippen LogP contribution in [0, 0.1) is 17.8 Å². The van der Waals surface area contributed by atoms with Gasteiger partial charge < -0.3 is 20.1 Å². The van der Waals surface area contributed by atoms with E-state index in [2.05, 4.69) is 5.32 Å². The van der Waals surface area contributed by atoms with E-state index in [4.69, 9.17) is 4.74 Å². The average Bonchev–Trinajstić information content (AvgIpc) is 2.56. The minimum Gasteiger partial charge on any atom is -0.478 e. The maximum atomic E-state index is 13.1. The Labute approximate surface area is 162 Å². The van der Waals surface area contributed by atoms with E-state index in [0.717, 1.165) is 37.8 Å². The first-order valence-corrected chi connectivity index (χ1v) is 10.1. The number of nitrogens with one attached hydrogen (secondary N) is 1. The van der Waals surface area contributed by atoms with Gasteiger partial charge in [-0.15, -0.1) is 0 Å². The fraction of sp³-hybridized carbons (Fsp3) is 0.682. The number of carbonyl (C=O) groups excluding carboxylic acids is 1. The first kappa shape index (κ1) is 18.6. The molecule has 1 aromatic carbocycles. The SMILES string of the molecule is CN(C)c1cccc(OC(C)(C)C(=O)NC2[C@@H]3CC4C[C@H]2CC(O)(C4)C3)c1. The molecular weight excluding hydrogens is 340 g/mol. The Morgan fingerprint density at radius 2 is 1.89 bits per heavy atom. The molecule has 148 valence electrons. The summed E-state index contributed by atoms with van der Waals surface area (Å²) in [6.07, 6.45) is 4.89. The molecular formula is C22H32N2O3. The van der Waals surface area contributed by atoms with Crippen molar-refractivity contribution >= 4 is 11.6 Å². The molecule has 0 aliphatic heterocycles. The fourth-order valence-electron chi connectivity index (χ4n) is 5.71. The van der Waals surface area contributed by atoms with E-state index in [1.165, 1.54) is 0 Å². The number of aliphatic hydroxyl groups is 1. The maximum absolute atomic E-state index is 13.1. The molecule has 4 aliphatic carbocycles. The summed E-state index contributed by atoms with van der Waals surface area (Å²) in [6.45, 7) is 3.66. The number of amides is 1. The van der Waals surface area contributed by atoms with Crippen molar-refractivity contribution in [2.24, 2.45) is 17.8 Å². The molecule has 27 heavy (non-hydrogen) atoms. The van der Waals surface area contributed by atoms with Crippen LogP contribution in [0.4, 0.5) is 5.69 Å². The predicted molar refractivity (Wildman–Crippen MR) is 106 cm³/mol. The maximum Gasteiger partial charge on any atom is 0.263 e. The van der Waals surface area contributed by atoms with Crippen molar-refractivity contribution in [1.29, 1.82) is 0 Å². The predicted octanol–water partition coefficient (Wildman–Crippen LogP) is 2.97. The van der Waals surface area contributed by atoms with Crippen LogP contribution in [0.1, 0.15) is 46.0 Å². The number of carbonyl (C=O) groups is 1. The molecule has 0 spiro atoms. The molecule has 1 aromatic rings. The van der Waals surface area contributed by atoms with Crippen LogP contribution < -0.4 is 15.0 Å². The lowest BCUT2D eigenvalue weighted by molar-refractivity contribution is -0.152. The summed E-state index contributed by atoms with van der Waals surface area (Å²) >= 11 is 0. The van der Waals surface area contributed by atoms with Gasteiger partial charge in [-0.2, -0.15) is 0 Å². The molecule has 4 aliphatic rings. The van der Waals surface area contributed by atoms with Gasteiger partial charge in [0, 0.05) is 31.9 Å². The number of anilines is 1. The van der Waals surface area contributed by atoms with Gasteiger partial charge in [-0.25, -0.2) is 0 Å². The molecule has 5 heteroatoms. The molecule has 0 radical (unpaired) electrons. The minimum atomic E-state index is -0.948. The van der Waals surface area contributed by atoms with Crippen LogP contribution in [-0.4, -0.2) is 42.4 Å². The molecule has 5 nitrogen and oxygen atoms in total. The average molecular weight is 373 g/mol. The molecule has 3 unspecified atom stereocenters. The lowest BCUT2D eigenvalue weighted by Crippen LogP contribution is -2.63. The van der Waals surface area contributed by atoms with Crippen LogP contribution in [-0.2, 0) is 4.79 Å². The van der Waals surface area contributed by atoms with E-state index < -0.39 is 11.2 Å². The van der Waals surface area contributed by atoms with E-state index >= 15 is 0 Å². The summed E-state index contributed by atoms with van der Waals surface area (Å²) in [5.41, 5.74) is -0.384. The van der Waals surface area contributed by atoms with Crippen LogP contribution >= 0.6 is 0 Å². The molecule has 2 N–H and O–H groups in total. The van der Waals surface area contributed by atoms with Gasteiger partial charge in [0.15, 0.2) is 5.60 Å². The highest BCUT2D eigenvalue weighted by molar-refractivity contribution is 5.85. The van der Waals surface area contributed by atoms with Gasteiger partial charge in [-0.3, -0.25) is 4.79 Å². The van der Waals surface area contributed by atoms with E-state index in [1.807, 2.05) is 57.1 Å².